The molecule has 1 nitrogen and oxygen atoms in total. The van der Waals surface area contributed by atoms with Gasteiger partial charge in [-0.3, -0.25) is 0 Å². The van der Waals surface area contributed by atoms with Gasteiger partial charge in [-0.15, -0.1) is 0 Å². The quantitative estimate of drug-likeness (QED) is 0.568. The molecule has 114 valence electrons. The van der Waals surface area contributed by atoms with Crippen molar-refractivity contribution in [2.75, 3.05) is 18.5 Å². The first-order valence-corrected chi connectivity index (χ1v) is 10.7. The number of para-hydroxylation sites is 1. The number of hydrogen-bond donors (Lipinski definition) is 0. The van der Waals surface area contributed by atoms with Crippen LogP contribution in [0, 0.1) is 0 Å². The van der Waals surface area contributed by atoms with Crippen LogP contribution in [0.15, 0.2) is 24.3 Å². The van der Waals surface area contributed by atoms with Crippen molar-refractivity contribution < 1.29 is 5.11 Å². The molecular weight excluding hydrogens is 263 g/mol. The fourth-order valence-corrected chi connectivity index (χ4v) is 8.03. The molecule has 0 aliphatic carbocycles. The third-order valence-corrected chi connectivity index (χ3v) is 9.10. The Labute approximate surface area is 126 Å². The third-order valence-electron chi connectivity index (χ3n) is 4.20. The van der Waals surface area contributed by atoms with Gasteiger partial charge in [0.1, 0.15) is 0 Å². The zero-order valence-electron chi connectivity index (χ0n) is 13.5. The molecule has 0 atom stereocenters. The smallest absolute Gasteiger partial charge is 0.0861 e. The highest BCUT2D eigenvalue weighted by Gasteiger charge is 2.38. The highest BCUT2D eigenvalue weighted by atomic mass is 31.2. The molecule has 0 N–H and O–H groups in total. The van der Waals surface area contributed by atoms with Gasteiger partial charge in [-0.25, -0.2) is 0 Å². The minimum atomic E-state index is -1.25. The minimum absolute atomic E-state index is 0.296. The molecule has 0 radical (unpaired) electrons. The van der Waals surface area contributed by atoms with Crippen LogP contribution in [0.25, 0.3) is 0 Å². The molecule has 1 aromatic carbocycles. The van der Waals surface area contributed by atoms with Crippen molar-refractivity contribution in [2.24, 2.45) is 0 Å². The SMILES string of the molecule is CCCC[P+](CCCC)(CCCC)c1ccccc1[O-]. The summed E-state index contributed by atoms with van der Waals surface area (Å²) in [6.07, 6.45) is 11.4. The first-order valence-electron chi connectivity index (χ1n) is 8.33. The molecule has 0 saturated carbocycles. The van der Waals surface area contributed by atoms with Gasteiger partial charge < -0.3 is 5.11 Å². The van der Waals surface area contributed by atoms with Crippen molar-refractivity contribution >= 4 is 12.6 Å². The molecule has 0 aromatic heterocycles. The Balaban J connectivity index is 3.08. The predicted octanol–water partition coefficient (Wildman–Crippen LogP) is 4.80. The van der Waals surface area contributed by atoms with Crippen LogP contribution in [0.5, 0.6) is 5.75 Å². The lowest BCUT2D eigenvalue weighted by Gasteiger charge is -2.31. The largest absolute Gasteiger partial charge is 0.870 e. The standard InChI is InChI=1S/C18H31OP/c1-4-7-14-20(15-8-5-2,16-9-6-3)18-13-11-10-12-17(18)19/h10-13H,4-9,14-16H2,1-3H3. The van der Waals surface area contributed by atoms with Gasteiger partial charge in [0.25, 0.3) is 0 Å². The lowest BCUT2D eigenvalue weighted by Crippen LogP contribution is -2.24. The molecule has 2 heteroatoms. The second kappa shape index (κ2) is 9.40. The van der Waals surface area contributed by atoms with E-state index in [1.54, 1.807) is 6.07 Å². The molecule has 0 amide bonds. The first kappa shape index (κ1) is 17.5. The van der Waals surface area contributed by atoms with Crippen LogP contribution in [0.4, 0.5) is 0 Å². The maximum absolute atomic E-state index is 12.4. The minimum Gasteiger partial charge on any atom is -0.870 e. The average molecular weight is 294 g/mol. The summed E-state index contributed by atoms with van der Waals surface area (Å²) in [5, 5.41) is 13.6. The summed E-state index contributed by atoms with van der Waals surface area (Å²) in [6.45, 7) is 6.78. The van der Waals surface area contributed by atoms with E-state index in [0.29, 0.717) is 5.75 Å². The monoisotopic (exact) mass is 294 g/mol. The molecule has 1 aromatic rings. The van der Waals surface area contributed by atoms with Crippen LogP contribution in [0.3, 0.4) is 0 Å². The molecule has 0 saturated heterocycles. The van der Waals surface area contributed by atoms with Gasteiger partial charge >= 0.3 is 0 Å². The lowest BCUT2D eigenvalue weighted by atomic mass is 10.3. The van der Waals surface area contributed by atoms with E-state index in [1.807, 2.05) is 6.07 Å². The summed E-state index contributed by atoms with van der Waals surface area (Å²) in [5.41, 5.74) is 0. The van der Waals surface area contributed by atoms with Crippen LogP contribution >= 0.6 is 7.26 Å². The Bertz CT molecular complexity index is 354. The van der Waals surface area contributed by atoms with Gasteiger partial charge in [0.05, 0.1) is 23.8 Å². The van der Waals surface area contributed by atoms with E-state index < -0.39 is 7.26 Å². The first-order chi connectivity index (χ1) is 9.70. The number of hydrogen-bond acceptors (Lipinski definition) is 1. The van der Waals surface area contributed by atoms with Crippen LogP contribution in [-0.2, 0) is 0 Å². The summed E-state index contributed by atoms with van der Waals surface area (Å²) in [4.78, 5) is 0. The van der Waals surface area contributed by atoms with Crippen molar-refractivity contribution in [3.8, 4) is 5.75 Å². The van der Waals surface area contributed by atoms with Crippen molar-refractivity contribution in [1.82, 2.24) is 0 Å². The Hall–Kier alpha value is -0.550. The highest BCUT2D eigenvalue weighted by Crippen LogP contribution is 2.60. The molecule has 1 rings (SSSR count). The van der Waals surface area contributed by atoms with Gasteiger partial charge in [-0.1, -0.05) is 64.0 Å². The third kappa shape index (κ3) is 4.77. The Morgan fingerprint density at radius 1 is 0.800 bits per heavy atom. The Kier molecular flexibility index (Phi) is 8.22. The normalized spacial score (nSPS) is 11.8. The van der Waals surface area contributed by atoms with E-state index in [1.165, 1.54) is 62.3 Å². The molecule has 0 aliphatic heterocycles. The van der Waals surface area contributed by atoms with Crippen molar-refractivity contribution in [1.29, 1.82) is 0 Å². The maximum Gasteiger partial charge on any atom is 0.0861 e. The molecule has 0 heterocycles. The van der Waals surface area contributed by atoms with Gasteiger partial charge in [0.15, 0.2) is 0 Å². The van der Waals surface area contributed by atoms with Crippen LogP contribution in [0.2, 0.25) is 0 Å². The van der Waals surface area contributed by atoms with Gasteiger partial charge in [-0.2, -0.15) is 0 Å². The summed E-state index contributed by atoms with van der Waals surface area (Å²) in [5.74, 6) is 0.296. The summed E-state index contributed by atoms with van der Waals surface area (Å²) >= 11 is 0. The predicted molar refractivity (Wildman–Crippen MR) is 91.8 cm³/mol. The van der Waals surface area contributed by atoms with Crippen molar-refractivity contribution in [2.45, 2.75) is 59.3 Å². The summed E-state index contributed by atoms with van der Waals surface area (Å²) in [7, 11) is -1.25. The maximum atomic E-state index is 12.4. The zero-order chi connectivity index (χ0) is 14.8. The van der Waals surface area contributed by atoms with Gasteiger partial charge in [0.2, 0.25) is 0 Å². The topological polar surface area (TPSA) is 23.1 Å². The Morgan fingerprint density at radius 2 is 1.25 bits per heavy atom. The van der Waals surface area contributed by atoms with Crippen LogP contribution < -0.4 is 10.4 Å². The zero-order valence-corrected chi connectivity index (χ0v) is 14.4. The molecule has 0 unspecified atom stereocenters. The van der Waals surface area contributed by atoms with Crippen LogP contribution in [0.1, 0.15) is 59.3 Å². The number of benzene rings is 1. The van der Waals surface area contributed by atoms with Gasteiger partial charge in [0, 0.05) is 7.26 Å². The van der Waals surface area contributed by atoms with E-state index in [2.05, 4.69) is 32.9 Å². The second-order valence-electron chi connectivity index (χ2n) is 5.84. The molecular formula is C18H31OP. The van der Waals surface area contributed by atoms with Gasteiger partial charge in [-0.05, 0) is 25.3 Å². The van der Waals surface area contributed by atoms with E-state index in [4.69, 9.17) is 0 Å². The van der Waals surface area contributed by atoms with E-state index >= 15 is 0 Å². The number of unbranched alkanes of at least 4 members (excludes halogenated alkanes) is 3. The van der Waals surface area contributed by atoms with E-state index in [0.717, 1.165) is 0 Å². The fourth-order valence-electron chi connectivity index (χ4n) is 2.93. The molecule has 20 heavy (non-hydrogen) atoms. The summed E-state index contributed by atoms with van der Waals surface area (Å²) < 4.78 is 0. The molecule has 0 fully saturated rings. The molecule has 0 spiro atoms. The lowest BCUT2D eigenvalue weighted by molar-refractivity contribution is -0.266. The molecule has 0 aliphatic rings. The van der Waals surface area contributed by atoms with E-state index in [-0.39, 0.29) is 0 Å². The van der Waals surface area contributed by atoms with Crippen molar-refractivity contribution in [3.05, 3.63) is 24.3 Å². The van der Waals surface area contributed by atoms with E-state index in [9.17, 15) is 5.11 Å². The van der Waals surface area contributed by atoms with Crippen LogP contribution in [-0.4, -0.2) is 18.5 Å². The Morgan fingerprint density at radius 3 is 1.65 bits per heavy atom. The van der Waals surface area contributed by atoms with Crippen molar-refractivity contribution in [3.63, 3.8) is 0 Å². The fraction of sp³-hybridized carbons (Fsp3) is 0.667. The highest BCUT2D eigenvalue weighted by molar-refractivity contribution is 7.83. The number of rotatable bonds is 10. The average Bonchev–Trinajstić information content (AvgIpc) is 2.48. The second-order valence-corrected chi connectivity index (χ2v) is 9.96. The molecule has 0 bridgehead atoms. The summed E-state index contributed by atoms with van der Waals surface area (Å²) in [6, 6.07) is 7.86.